The van der Waals surface area contributed by atoms with Crippen LogP contribution in [0.3, 0.4) is 0 Å². The number of nitrogens with zero attached hydrogens (tertiary/aromatic N) is 2. The number of carbonyl (C=O) groups is 1. The van der Waals surface area contributed by atoms with Crippen molar-refractivity contribution in [1.29, 1.82) is 5.26 Å². The Bertz CT molecular complexity index is 912. The summed E-state index contributed by atoms with van der Waals surface area (Å²) in [7, 11) is 0. The van der Waals surface area contributed by atoms with Gasteiger partial charge in [-0.3, -0.25) is 4.79 Å². The van der Waals surface area contributed by atoms with Crippen molar-refractivity contribution in [2.24, 2.45) is 0 Å². The smallest absolute Gasteiger partial charge is 0.262 e. The van der Waals surface area contributed by atoms with Crippen LogP contribution in [0.15, 0.2) is 35.9 Å². The van der Waals surface area contributed by atoms with E-state index < -0.39 is 0 Å². The molecule has 1 atom stereocenters. The zero-order valence-electron chi connectivity index (χ0n) is 16.1. The van der Waals surface area contributed by atoms with Gasteiger partial charge in [-0.05, 0) is 62.9 Å². The third kappa shape index (κ3) is 4.12. The van der Waals surface area contributed by atoms with Crippen LogP contribution in [0, 0.1) is 32.1 Å². The van der Waals surface area contributed by atoms with Crippen molar-refractivity contribution in [3.63, 3.8) is 0 Å². The maximum absolute atomic E-state index is 12.4. The van der Waals surface area contributed by atoms with Crippen LogP contribution in [0.4, 0.5) is 0 Å². The lowest BCUT2D eigenvalue weighted by Crippen LogP contribution is -2.32. The quantitative estimate of drug-likeness (QED) is 0.652. The fourth-order valence-corrected chi connectivity index (χ4v) is 3.53. The standard InChI is InChI=1S/C22H25N3O2/c1-15-7-4-5-9-21(15)25-16(2)11-18(17(25)3)12-19(13-23)22(26)24-14-20-8-6-10-27-20/h4-5,7,9,11-12,20H,6,8,10,14H2,1-3H3,(H,24,26)/b19-12+. The Labute approximate surface area is 160 Å². The molecule has 1 aliphatic heterocycles. The van der Waals surface area contributed by atoms with Crippen LogP contribution in [0.5, 0.6) is 0 Å². The van der Waals surface area contributed by atoms with Crippen LogP contribution in [0.1, 0.15) is 35.4 Å². The summed E-state index contributed by atoms with van der Waals surface area (Å²) in [5, 5.41) is 12.3. The Balaban J connectivity index is 1.84. The highest BCUT2D eigenvalue weighted by Gasteiger charge is 2.18. The van der Waals surface area contributed by atoms with Crippen molar-refractivity contribution in [3.8, 4) is 11.8 Å². The molecule has 1 amide bonds. The van der Waals surface area contributed by atoms with E-state index in [2.05, 4.69) is 28.9 Å². The monoisotopic (exact) mass is 363 g/mol. The molecule has 140 valence electrons. The Morgan fingerprint density at radius 2 is 2.15 bits per heavy atom. The van der Waals surface area contributed by atoms with Crippen molar-refractivity contribution in [3.05, 3.63) is 58.4 Å². The summed E-state index contributed by atoms with van der Waals surface area (Å²) < 4.78 is 7.67. The number of aryl methyl sites for hydroxylation is 2. The normalized spacial score (nSPS) is 17.0. The molecule has 0 saturated carbocycles. The zero-order valence-corrected chi connectivity index (χ0v) is 16.1. The molecule has 0 radical (unpaired) electrons. The molecule has 1 aliphatic rings. The second-order valence-electron chi connectivity index (χ2n) is 6.96. The summed E-state index contributed by atoms with van der Waals surface area (Å²) in [6.07, 6.45) is 3.69. The molecule has 1 saturated heterocycles. The molecule has 2 aromatic rings. The van der Waals surface area contributed by atoms with Gasteiger partial charge in [-0.2, -0.15) is 5.26 Å². The van der Waals surface area contributed by atoms with Crippen LogP contribution in [-0.4, -0.2) is 29.7 Å². The molecular weight excluding hydrogens is 338 g/mol. The van der Waals surface area contributed by atoms with Gasteiger partial charge in [-0.1, -0.05) is 18.2 Å². The van der Waals surface area contributed by atoms with E-state index in [1.165, 1.54) is 5.56 Å². The number of nitrogens with one attached hydrogen (secondary N) is 1. The molecule has 1 aromatic heterocycles. The van der Waals surface area contributed by atoms with E-state index in [0.29, 0.717) is 6.54 Å². The fraction of sp³-hybridized carbons (Fsp3) is 0.364. The Kier molecular flexibility index (Phi) is 5.78. The highest BCUT2D eigenvalue weighted by Crippen LogP contribution is 2.24. The maximum atomic E-state index is 12.4. The van der Waals surface area contributed by atoms with Crippen molar-refractivity contribution < 1.29 is 9.53 Å². The van der Waals surface area contributed by atoms with Gasteiger partial charge >= 0.3 is 0 Å². The minimum atomic E-state index is -0.353. The average Bonchev–Trinajstić information content (AvgIpc) is 3.27. The summed E-state index contributed by atoms with van der Waals surface area (Å²) in [5.74, 6) is -0.353. The Hall–Kier alpha value is -2.84. The first kappa shape index (κ1) is 18.9. The predicted molar refractivity (Wildman–Crippen MR) is 106 cm³/mol. The van der Waals surface area contributed by atoms with Crippen LogP contribution in [0.2, 0.25) is 0 Å². The second kappa shape index (κ2) is 8.24. The van der Waals surface area contributed by atoms with E-state index in [-0.39, 0.29) is 17.6 Å². The van der Waals surface area contributed by atoms with Crippen molar-refractivity contribution in [2.45, 2.75) is 39.7 Å². The second-order valence-corrected chi connectivity index (χ2v) is 6.96. The van der Waals surface area contributed by atoms with E-state index >= 15 is 0 Å². The summed E-state index contributed by atoms with van der Waals surface area (Å²) in [6, 6.07) is 12.2. The largest absolute Gasteiger partial charge is 0.376 e. The van der Waals surface area contributed by atoms with Gasteiger partial charge in [0.1, 0.15) is 11.6 Å². The third-order valence-electron chi connectivity index (χ3n) is 5.01. The Morgan fingerprint density at radius 3 is 2.81 bits per heavy atom. The molecule has 0 aliphatic carbocycles. The van der Waals surface area contributed by atoms with E-state index in [0.717, 1.165) is 42.1 Å². The van der Waals surface area contributed by atoms with Crippen molar-refractivity contribution in [2.75, 3.05) is 13.2 Å². The van der Waals surface area contributed by atoms with E-state index in [1.807, 2.05) is 38.1 Å². The Morgan fingerprint density at radius 1 is 1.37 bits per heavy atom. The molecule has 0 spiro atoms. The van der Waals surface area contributed by atoms with E-state index in [1.54, 1.807) is 6.08 Å². The van der Waals surface area contributed by atoms with Gasteiger partial charge < -0.3 is 14.6 Å². The van der Waals surface area contributed by atoms with Gasteiger partial charge in [0.15, 0.2) is 0 Å². The van der Waals surface area contributed by atoms with Gasteiger partial charge in [0.05, 0.1) is 6.10 Å². The molecular formula is C22H25N3O2. The number of amides is 1. The number of hydrogen-bond donors (Lipinski definition) is 1. The molecule has 1 N–H and O–H groups in total. The van der Waals surface area contributed by atoms with Crippen molar-refractivity contribution >= 4 is 12.0 Å². The van der Waals surface area contributed by atoms with Gasteiger partial charge in [0.2, 0.25) is 0 Å². The van der Waals surface area contributed by atoms with Crippen LogP contribution in [0.25, 0.3) is 11.8 Å². The summed E-state index contributed by atoms with van der Waals surface area (Å²) >= 11 is 0. The molecule has 5 nitrogen and oxygen atoms in total. The fourth-order valence-electron chi connectivity index (χ4n) is 3.53. The minimum absolute atomic E-state index is 0.0556. The number of carbonyl (C=O) groups excluding carboxylic acids is 1. The lowest BCUT2D eigenvalue weighted by molar-refractivity contribution is -0.117. The first-order chi connectivity index (χ1) is 13.0. The molecule has 27 heavy (non-hydrogen) atoms. The maximum Gasteiger partial charge on any atom is 0.262 e. The third-order valence-corrected chi connectivity index (χ3v) is 5.01. The van der Waals surface area contributed by atoms with E-state index in [4.69, 9.17) is 4.74 Å². The highest BCUT2D eigenvalue weighted by molar-refractivity contribution is 6.01. The number of hydrogen-bond acceptors (Lipinski definition) is 3. The minimum Gasteiger partial charge on any atom is -0.376 e. The highest BCUT2D eigenvalue weighted by atomic mass is 16.5. The molecule has 1 fully saturated rings. The van der Waals surface area contributed by atoms with Gasteiger partial charge in [0, 0.05) is 30.2 Å². The van der Waals surface area contributed by atoms with Gasteiger partial charge in [-0.25, -0.2) is 0 Å². The van der Waals surface area contributed by atoms with E-state index in [9.17, 15) is 10.1 Å². The SMILES string of the molecule is Cc1ccccc1-n1c(C)cc(/C=C(\C#N)C(=O)NCC2CCCO2)c1C. The van der Waals surface area contributed by atoms with Gasteiger partial charge in [-0.15, -0.1) is 0 Å². The first-order valence-electron chi connectivity index (χ1n) is 9.28. The van der Waals surface area contributed by atoms with Crippen LogP contribution in [-0.2, 0) is 9.53 Å². The molecule has 3 rings (SSSR count). The average molecular weight is 363 g/mol. The lowest BCUT2D eigenvalue weighted by Gasteiger charge is -2.12. The zero-order chi connectivity index (χ0) is 19.4. The molecule has 0 bridgehead atoms. The van der Waals surface area contributed by atoms with Crippen LogP contribution < -0.4 is 5.32 Å². The number of ether oxygens (including phenoxy) is 1. The van der Waals surface area contributed by atoms with Gasteiger partial charge in [0.25, 0.3) is 5.91 Å². The molecule has 2 heterocycles. The predicted octanol–water partition coefficient (Wildman–Crippen LogP) is 3.60. The number of para-hydroxylation sites is 1. The summed E-state index contributed by atoms with van der Waals surface area (Å²) in [5.41, 5.74) is 5.32. The first-order valence-corrected chi connectivity index (χ1v) is 9.28. The summed E-state index contributed by atoms with van der Waals surface area (Å²) in [6.45, 7) is 7.29. The van der Waals surface area contributed by atoms with Crippen LogP contribution >= 0.6 is 0 Å². The number of rotatable bonds is 5. The van der Waals surface area contributed by atoms with Crippen molar-refractivity contribution in [1.82, 2.24) is 9.88 Å². The number of aromatic nitrogens is 1. The molecule has 1 aromatic carbocycles. The topological polar surface area (TPSA) is 67.0 Å². The number of nitriles is 1. The molecule has 5 heteroatoms. The summed E-state index contributed by atoms with van der Waals surface area (Å²) in [4.78, 5) is 12.4. The molecule has 1 unspecified atom stereocenters. The lowest BCUT2D eigenvalue weighted by atomic mass is 10.1. The number of benzene rings is 1.